The van der Waals surface area contributed by atoms with Crippen LogP contribution in [0.2, 0.25) is 0 Å². The van der Waals surface area contributed by atoms with Gasteiger partial charge in [-0.3, -0.25) is 0 Å². The van der Waals surface area contributed by atoms with Gasteiger partial charge in [-0.2, -0.15) is 0 Å². The van der Waals surface area contributed by atoms with Gasteiger partial charge in [-0.05, 0) is 13.0 Å². The molecule has 2 heterocycles. The molecule has 2 N–H and O–H groups in total. The molecular formula is C14H15N3O. The summed E-state index contributed by atoms with van der Waals surface area (Å²) >= 11 is 0. The Hall–Kier alpha value is -2.07. The van der Waals surface area contributed by atoms with Crippen LogP contribution in [0.3, 0.4) is 0 Å². The van der Waals surface area contributed by atoms with E-state index in [1.807, 2.05) is 32.2 Å². The molecule has 0 saturated carbocycles. The summed E-state index contributed by atoms with van der Waals surface area (Å²) in [6.45, 7) is 2.40. The Balaban J connectivity index is 2.32. The molecule has 0 saturated heterocycles. The SMILES string of the molecule is Cc1nc(CN)c(-c2coc3ccccc23)n1C. The zero-order valence-corrected chi connectivity index (χ0v) is 10.5. The fourth-order valence-electron chi connectivity index (χ4n) is 2.32. The molecule has 3 rings (SSSR count). The number of aryl methyl sites for hydroxylation is 1. The number of para-hydroxylation sites is 1. The number of furan rings is 1. The van der Waals surface area contributed by atoms with Gasteiger partial charge in [0.15, 0.2) is 0 Å². The van der Waals surface area contributed by atoms with Crippen LogP contribution in [-0.2, 0) is 13.6 Å². The zero-order valence-electron chi connectivity index (χ0n) is 10.5. The number of nitrogens with two attached hydrogens (primary N) is 1. The van der Waals surface area contributed by atoms with Gasteiger partial charge in [0.1, 0.15) is 17.7 Å². The molecule has 18 heavy (non-hydrogen) atoms. The van der Waals surface area contributed by atoms with Crippen molar-refractivity contribution in [3.63, 3.8) is 0 Å². The topological polar surface area (TPSA) is 57.0 Å². The molecule has 1 aromatic carbocycles. The second-order valence-electron chi connectivity index (χ2n) is 4.36. The third-order valence-electron chi connectivity index (χ3n) is 3.32. The van der Waals surface area contributed by atoms with Crippen LogP contribution in [0.5, 0.6) is 0 Å². The first kappa shape index (κ1) is 11.0. The number of hydrogen-bond acceptors (Lipinski definition) is 3. The van der Waals surface area contributed by atoms with Gasteiger partial charge in [-0.1, -0.05) is 18.2 Å². The Labute approximate surface area is 105 Å². The van der Waals surface area contributed by atoms with E-state index in [-0.39, 0.29) is 0 Å². The minimum Gasteiger partial charge on any atom is -0.464 e. The lowest BCUT2D eigenvalue weighted by molar-refractivity contribution is 0.616. The average molecular weight is 241 g/mol. The summed E-state index contributed by atoms with van der Waals surface area (Å²) in [5.41, 5.74) is 9.66. The molecule has 92 valence electrons. The van der Waals surface area contributed by atoms with Gasteiger partial charge in [-0.25, -0.2) is 4.98 Å². The number of hydrogen-bond donors (Lipinski definition) is 1. The summed E-state index contributed by atoms with van der Waals surface area (Å²) < 4.78 is 7.64. The third kappa shape index (κ3) is 1.46. The van der Waals surface area contributed by atoms with Gasteiger partial charge in [0.25, 0.3) is 0 Å². The monoisotopic (exact) mass is 241 g/mol. The Bertz CT molecular complexity index is 709. The fraction of sp³-hybridized carbons (Fsp3) is 0.214. The molecular weight excluding hydrogens is 226 g/mol. The molecule has 0 aliphatic heterocycles. The second kappa shape index (κ2) is 3.99. The number of rotatable bonds is 2. The Kier molecular flexibility index (Phi) is 2.45. The zero-order chi connectivity index (χ0) is 12.7. The minimum absolute atomic E-state index is 0.427. The molecule has 0 unspecified atom stereocenters. The Morgan fingerprint density at radius 2 is 2.11 bits per heavy atom. The van der Waals surface area contributed by atoms with Crippen LogP contribution in [0.15, 0.2) is 34.9 Å². The molecule has 0 aliphatic rings. The van der Waals surface area contributed by atoms with Crippen LogP contribution in [0, 0.1) is 6.92 Å². The number of benzene rings is 1. The molecule has 4 heteroatoms. The van der Waals surface area contributed by atoms with Crippen LogP contribution in [0.25, 0.3) is 22.2 Å². The maximum atomic E-state index is 5.78. The van der Waals surface area contributed by atoms with Crippen molar-refractivity contribution in [3.8, 4) is 11.3 Å². The van der Waals surface area contributed by atoms with Crippen molar-refractivity contribution in [2.24, 2.45) is 12.8 Å². The van der Waals surface area contributed by atoms with E-state index in [1.165, 1.54) is 0 Å². The van der Waals surface area contributed by atoms with Crippen molar-refractivity contribution in [3.05, 3.63) is 42.0 Å². The Morgan fingerprint density at radius 1 is 1.33 bits per heavy atom. The molecule has 0 fully saturated rings. The van der Waals surface area contributed by atoms with Crippen molar-refractivity contribution in [1.82, 2.24) is 9.55 Å². The normalized spacial score (nSPS) is 11.3. The van der Waals surface area contributed by atoms with Gasteiger partial charge in [0.05, 0.1) is 11.4 Å². The summed E-state index contributed by atoms with van der Waals surface area (Å²) in [7, 11) is 2.00. The van der Waals surface area contributed by atoms with Gasteiger partial charge >= 0.3 is 0 Å². The average Bonchev–Trinajstić information content (AvgIpc) is 2.92. The fourth-order valence-corrected chi connectivity index (χ4v) is 2.32. The molecule has 4 nitrogen and oxygen atoms in total. The van der Waals surface area contributed by atoms with E-state index < -0.39 is 0 Å². The first-order valence-corrected chi connectivity index (χ1v) is 5.91. The predicted molar refractivity (Wildman–Crippen MR) is 71.0 cm³/mol. The highest BCUT2D eigenvalue weighted by Gasteiger charge is 2.17. The lowest BCUT2D eigenvalue weighted by atomic mass is 10.1. The molecule has 0 aliphatic carbocycles. The first-order chi connectivity index (χ1) is 8.72. The predicted octanol–water partition coefficient (Wildman–Crippen LogP) is 2.60. The van der Waals surface area contributed by atoms with Crippen LogP contribution in [-0.4, -0.2) is 9.55 Å². The van der Waals surface area contributed by atoms with Gasteiger partial charge in [0.2, 0.25) is 0 Å². The van der Waals surface area contributed by atoms with Gasteiger partial charge < -0.3 is 14.7 Å². The maximum Gasteiger partial charge on any atom is 0.134 e. The van der Waals surface area contributed by atoms with Crippen molar-refractivity contribution in [2.75, 3.05) is 0 Å². The van der Waals surface area contributed by atoms with Crippen LogP contribution in [0.4, 0.5) is 0 Å². The number of fused-ring (bicyclic) bond motifs is 1. The summed E-state index contributed by atoms with van der Waals surface area (Å²) in [4.78, 5) is 4.49. The smallest absolute Gasteiger partial charge is 0.134 e. The van der Waals surface area contributed by atoms with Crippen LogP contribution < -0.4 is 5.73 Å². The molecule has 0 spiro atoms. The van der Waals surface area contributed by atoms with E-state index in [0.29, 0.717) is 6.54 Å². The highest BCUT2D eigenvalue weighted by Crippen LogP contribution is 2.32. The standard InChI is InChI=1S/C14H15N3O/c1-9-16-12(7-15)14(17(9)2)11-8-18-13-6-4-3-5-10(11)13/h3-6,8H,7,15H2,1-2H3. The first-order valence-electron chi connectivity index (χ1n) is 5.91. The second-order valence-corrected chi connectivity index (χ2v) is 4.36. The number of nitrogens with zero attached hydrogens (tertiary/aromatic N) is 2. The van der Waals surface area contributed by atoms with Gasteiger partial charge in [-0.15, -0.1) is 0 Å². The van der Waals surface area contributed by atoms with E-state index in [0.717, 1.165) is 33.7 Å². The van der Waals surface area contributed by atoms with E-state index >= 15 is 0 Å². The highest BCUT2D eigenvalue weighted by molar-refractivity contribution is 5.93. The number of aromatic nitrogens is 2. The lowest BCUT2D eigenvalue weighted by Gasteiger charge is -2.03. The summed E-state index contributed by atoms with van der Waals surface area (Å²) in [5, 5.41) is 1.09. The highest BCUT2D eigenvalue weighted by atomic mass is 16.3. The molecule has 2 aromatic heterocycles. The maximum absolute atomic E-state index is 5.78. The molecule has 0 bridgehead atoms. The van der Waals surface area contributed by atoms with Crippen molar-refractivity contribution in [1.29, 1.82) is 0 Å². The summed E-state index contributed by atoms with van der Waals surface area (Å²) in [6.07, 6.45) is 1.78. The van der Waals surface area contributed by atoms with Crippen LogP contribution >= 0.6 is 0 Å². The van der Waals surface area contributed by atoms with Crippen LogP contribution in [0.1, 0.15) is 11.5 Å². The molecule has 0 amide bonds. The third-order valence-corrected chi connectivity index (χ3v) is 3.32. The van der Waals surface area contributed by atoms with Crippen molar-refractivity contribution in [2.45, 2.75) is 13.5 Å². The molecule has 0 radical (unpaired) electrons. The molecule has 3 aromatic rings. The minimum atomic E-state index is 0.427. The van der Waals surface area contributed by atoms with Crippen molar-refractivity contribution < 1.29 is 4.42 Å². The summed E-state index contributed by atoms with van der Waals surface area (Å²) in [5.74, 6) is 0.954. The van der Waals surface area contributed by atoms with E-state index in [1.54, 1.807) is 6.26 Å². The van der Waals surface area contributed by atoms with Crippen molar-refractivity contribution >= 4 is 11.0 Å². The summed E-state index contributed by atoms with van der Waals surface area (Å²) in [6, 6.07) is 7.99. The lowest BCUT2D eigenvalue weighted by Crippen LogP contribution is -2.00. The molecule has 0 atom stereocenters. The van der Waals surface area contributed by atoms with Gasteiger partial charge in [0, 0.05) is 24.5 Å². The Morgan fingerprint density at radius 3 is 2.89 bits per heavy atom. The van der Waals surface area contributed by atoms with E-state index in [9.17, 15) is 0 Å². The number of imidazole rings is 1. The largest absolute Gasteiger partial charge is 0.464 e. The van der Waals surface area contributed by atoms with E-state index in [2.05, 4.69) is 15.6 Å². The van der Waals surface area contributed by atoms with E-state index in [4.69, 9.17) is 10.2 Å². The quantitative estimate of drug-likeness (QED) is 0.750.